The quantitative estimate of drug-likeness (QED) is 0.928. The molecule has 2 aromatic rings. The summed E-state index contributed by atoms with van der Waals surface area (Å²) >= 11 is 3.14. The second-order valence-electron chi connectivity index (χ2n) is 3.91. The van der Waals surface area contributed by atoms with Crippen LogP contribution in [0.25, 0.3) is 0 Å². The van der Waals surface area contributed by atoms with E-state index in [1.165, 1.54) is 36.7 Å². The maximum absolute atomic E-state index is 13.0. The van der Waals surface area contributed by atoms with Gasteiger partial charge in [0.05, 0.1) is 22.5 Å². The Bertz CT molecular complexity index is 719. The normalized spacial score (nSPS) is 11.5. The van der Waals surface area contributed by atoms with Crippen molar-refractivity contribution in [3.8, 4) is 0 Å². The van der Waals surface area contributed by atoms with E-state index in [2.05, 4.69) is 20.9 Å². The van der Waals surface area contributed by atoms with E-state index in [1.54, 1.807) is 0 Å². The molecule has 7 heteroatoms. The van der Waals surface area contributed by atoms with Gasteiger partial charge < -0.3 is 5.73 Å². The third kappa shape index (κ3) is 3.10. The molecule has 1 aromatic carbocycles. The summed E-state index contributed by atoms with van der Waals surface area (Å²) in [5.41, 5.74) is 6.18. The zero-order valence-corrected chi connectivity index (χ0v) is 12.1. The zero-order chi connectivity index (χ0) is 14.0. The van der Waals surface area contributed by atoms with Crippen LogP contribution in [-0.4, -0.2) is 13.4 Å². The summed E-state index contributed by atoms with van der Waals surface area (Å²) < 4.78 is 37.8. The van der Waals surface area contributed by atoms with Gasteiger partial charge in [0.25, 0.3) is 0 Å². The smallest absolute Gasteiger partial charge is 0.184 e. The standard InChI is InChI=1S/C12H10BrFN2O2S/c13-10-5-9(14)2-1-8(10)7-19(17,18)12-3-4-16-6-11(12)15/h1-6H,7,15H2. The monoisotopic (exact) mass is 344 g/mol. The van der Waals surface area contributed by atoms with Crippen LogP contribution in [0.15, 0.2) is 46.0 Å². The molecule has 0 unspecified atom stereocenters. The first-order valence-electron chi connectivity index (χ1n) is 5.26. The molecule has 0 amide bonds. The molecule has 0 aliphatic rings. The third-order valence-corrected chi connectivity index (χ3v) is 4.98. The molecule has 1 heterocycles. The predicted molar refractivity (Wildman–Crippen MR) is 73.6 cm³/mol. The second-order valence-corrected chi connectivity index (χ2v) is 6.72. The number of anilines is 1. The Labute approximate surface area is 118 Å². The number of aromatic nitrogens is 1. The van der Waals surface area contributed by atoms with Gasteiger partial charge in [-0.2, -0.15) is 0 Å². The van der Waals surface area contributed by atoms with Gasteiger partial charge in [0.15, 0.2) is 9.84 Å². The number of pyridine rings is 1. The van der Waals surface area contributed by atoms with Crippen LogP contribution in [0.5, 0.6) is 0 Å². The van der Waals surface area contributed by atoms with Crippen molar-refractivity contribution < 1.29 is 12.8 Å². The van der Waals surface area contributed by atoms with Crippen molar-refractivity contribution in [1.29, 1.82) is 0 Å². The summed E-state index contributed by atoms with van der Waals surface area (Å²) in [6.07, 6.45) is 2.65. The summed E-state index contributed by atoms with van der Waals surface area (Å²) in [6, 6.07) is 5.21. The molecular formula is C12H10BrFN2O2S. The third-order valence-electron chi connectivity index (χ3n) is 2.51. The minimum atomic E-state index is -3.60. The largest absolute Gasteiger partial charge is 0.396 e. The van der Waals surface area contributed by atoms with Gasteiger partial charge in [-0.3, -0.25) is 4.98 Å². The van der Waals surface area contributed by atoms with E-state index in [1.807, 2.05) is 0 Å². The summed E-state index contributed by atoms with van der Waals surface area (Å²) in [5, 5.41) is 0. The van der Waals surface area contributed by atoms with Gasteiger partial charge in [-0.1, -0.05) is 22.0 Å². The van der Waals surface area contributed by atoms with Crippen LogP contribution < -0.4 is 5.73 Å². The second kappa shape index (κ2) is 5.26. The van der Waals surface area contributed by atoms with E-state index in [-0.39, 0.29) is 16.3 Å². The number of nitrogens with two attached hydrogens (primary N) is 1. The Morgan fingerprint density at radius 2 is 2.05 bits per heavy atom. The van der Waals surface area contributed by atoms with E-state index in [0.29, 0.717) is 10.0 Å². The number of rotatable bonds is 3. The van der Waals surface area contributed by atoms with Crippen molar-refractivity contribution in [3.63, 3.8) is 0 Å². The number of nitrogen functional groups attached to an aromatic ring is 1. The number of benzene rings is 1. The lowest BCUT2D eigenvalue weighted by Gasteiger charge is -2.08. The molecule has 0 radical (unpaired) electrons. The van der Waals surface area contributed by atoms with Crippen LogP contribution in [0.2, 0.25) is 0 Å². The molecule has 0 aliphatic carbocycles. The Hall–Kier alpha value is -1.47. The molecule has 0 bridgehead atoms. The minimum Gasteiger partial charge on any atom is -0.396 e. The van der Waals surface area contributed by atoms with E-state index in [4.69, 9.17) is 5.73 Å². The van der Waals surface area contributed by atoms with E-state index >= 15 is 0 Å². The highest BCUT2D eigenvalue weighted by atomic mass is 79.9. The molecule has 0 fully saturated rings. The highest BCUT2D eigenvalue weighted by molar-refractivity contribution is 9.10. The summed E-state index contributed by atoms with van der Waals surface area (Å²) in [6.45, 7) is 0. The van der Waals surface area contributed by atoms with Crippen LogP contribution in [0.1, 0.15) is 5.56 Å². The van der Waals surface area contributed by atoms with Gasteiger partial charge in [-0.25, -0.2) is 12.8 Å². The lowest BCUT2D eigenvalue weighted by molar-refractivity contribution is 0.595. The van der Waals surface area contributed by atoms with Crippen molar-refractivity contribution in [2.75, 3.05) is 5.73 Å². The summed E-state index contributed by atoms with van der Waals surface area (Å²) in [5.74, 6) is -0.696. The molecule has 4 nitrogen and oxygen atoms in total. The first-order valence-corrected chi connectivity index (χ1v) is 7.71. The first-order chi connectivity index (χ1) is 8.90. The first kappa shape index (κ1) is 14.0. The summed E-state index contributed by atoms with van der Waals surface area (Å²) in [4.78, 5) is 3.77. The molecule has 19 heavy (non-hydrogen) atoms. The average molecular weight is 345 g/mol. The molecular weight excluding hydrogens is 335 g/mol. The van der Waals surface area contributed by atoms with Gasteiger partial charge in [0.1, 0.15) is 5.82 Å². The number of nitrogens with zero attached hydrogens (tertiary/aromatic N) is 1. The minimum absolute atomic E-state index is 0.0266. The van der Waals surface area contributed by atoms with Crippen molar-refractivity contribution in [2.24, 2.45) is 0 Å². The van der Waals surface area contributed by atoms with Gasteiger partial charge in [0, 0.05) is 10.7 Å². The van der Waals surface area contributed by atoms with Crippen LogP contribution in [-0.2, 0) is 15.6 Å². The van der Waals surface area contributed by atoms with Crippen LogP contribution in [0.4, 0.5) is 10.1 Å². The number of hydrogen-bond donors (Lipinski definition) is 1. The fourth-order valence-corrected chi connectivity index (χ4v) is 3.77. The molecule has 0 atom stereocenters. The fourth-order valence-electron chi connectivity index (χ4n) is 1.60. The molecule has 100 valence electrons. The predicted octanol–water partition coefficient (Wildman–Crippen LogP) is 2.54. The SMILES string of the molecule is Nc1cnccc1S(=O)(=O)Cc1ccc(F)cc1Br. The van der Waals surface area contributed by atoms with Gasteiger partial charge in [-0.15, -0.1) is 0 Å². The van der Waals surface area contributed by atoms with Crippen molar-refractivity contribution in [2.45, 2.75) is 10.6 Å². The van der Waals surface area contributed by atoms with E-state index in [9.17, 15) is 12.8 Å². The molecule has 0 aliphatic heterocycles. The molecule has 2 rings (SSSR count). The number of sulfone groups is 1. The van der Waals surface area contributed by atoms with Crippen molar-refractivity contribution in [3.05, 3.63) is 52.5 Å². The van der Waals surface area contributed by atoms with Crippen LogP contribution in [0.3, 0.4) is 0 Å². The van der Waals surface area contributed by atoms with E-state index in [0.717, 1.165) is 0 Å². The fraction of sp³-hybridized carbons (Fsp3) is 0.0833. The molecule has 1 aromatic heterocycles. The zero-order valence-electron chi connectivity index (χ0n) is 9.68. The molecule has 0 spiro atoms. The average Bonchev–Trinajstić information content (AvgIpc) is 2.33. The lowest BCUT2D eigenvalue weighted by Crippen LogP contribution is -2.08. The topological polar surface area (TPSA) is 73.0 Å². The maximum Gasteiger partial charge on any atom is 0.184 e. The summed E-state index contributed by atoms with van der Waals surface area (Å²) in [7, 11) is -3.60. The molecule has 0 saturated carbocycles. The van der Waals surface area contributed by atoms with Crippen molar-refractivity contribution in [1.82, 2.24) is 4.98 Å². The molecule has 2 N–H and O–H groups in total. The molecule has 0 saturated heterocycles. The van der Waals surface area contributed by atoms with Crippen LogP contribution >= 0.6 is 15.9 Å². The van der Waals surface area contributed by atoms with Gasteiger partial charge >= 0.3 is 0 Å². The van der Waals surface area contributed by atoms with Crippen molar-refractivity contribution >= 4 is 31.5 Å². The van der Waals surface area contributed by atoms with Gasteiger partial charge in [0.2, 0.25) is 0 Å². The number of hydrogen-bond acceptors (Lipinski definition) is 4. The highest BCUT2D eigenvalue weighted by Crippen LogP contribution is 2.25. The highest BCUT2D eigenvalue weighted by Gasteiger charge is 2.19. The Morgan fingerprint density at radius 3 is 2.68 bits per heavy atom. The Kier molecular flexibility index (Phi) is 3.86. The van der Waals surface area contributed by atoms with Crippen LogP contribution in [0, 0.1) is 5.82 Å². The van der Waals surface area contributed by atoms with E-state index < -0.39 is 15.7 Å². The Morgan fingerprint density at radius 1 is 1.32 bits per heavy atom. The number of halogens is 2. The maximum atomic E-state index is 13.0. The van der Waals surface area contributed by atoms with Gasteiger partial charge in [-0.05, 0) is 23.8 Å². The lowest BCUT2D eigenvalue weighted by atomic mass is 10.2. The Balaban J connectivity index is 2.40.